The Kier molecular flexibility index (Phi) is 3.86. The monoisotopic (exact) mass is 270 g/mol. The maximum atomic E-state index is 13.6. The molecule has 1 aliphatic rings. The zero-order valence-corrected chi connectivity index (χ0v) is 9.75. The molecular formula is C10H11ClF4N2. The van der Waals surface area contributed by atoms with Crippen LogP contribution in [-0.2, 0) is 6.18 Å². The average molecular weight is 271 g/mol. The van der Waals surface area contributed by atoms with E-state index in [0.29, 0.717) is 18.9 Å². The van der Waals surface area contributed by atoms with Crippen molar-refractivity contribution in [2.24, 2.45) is 0 Å². The normalized spacial score (nSPS) is 15.4. The summed E-state index contributed by atoms with van der Waals surface area (Å²) in [6, 6.07) is 0.696. The summed E-state index contributed by atoms with van der Waals surface area (Å²) in [6.07, 6.45) is -3.13. The first kappa shape index (κ1) is 14.0. The third-order valence-corrected chi connectivity index (χ3v) is 2.51. The minimum absolute atomic E-state index is 0. The number of nitrogens with one attached hydrogen (secondary N) is 1. The van der Waals surface area contributed by atoms with E-state index >= 15 is 0 Å². The Morgan fingerprint density at radius 3 is 2.35 bits per heavy atom. The third kappa shape index (κ3) is 2.80. The van der Waals surface area contributed by atoms with Gasteiger partial charge in [0.25, 0.3) is 0 Å². The number of hydrogen-bond acceptors (Lipinski definition) is 2. The largest absolute Gasteiger partial charge is 0.433 e. The molecule has 0 unspecified atom stereocenters. The molecule has 0 radical (unpaired) electrons. The van der Waals surface area contributed by atoms with Crippen LogP contribution < -0.4 is 5.32 Å². The van der Waals surface area contributed by atoms with Crippen molar-refractivity contribution in [1.82, 2.24) is 4.98 Å². The third-order valence-electron chi connectivity index (χ3n) is 2.51. The second kappa shape index (κ2) is 4.68. The Morgan fingerprint density at radius 1 is 1.35 bits per heavy atom. The van der Waals surface area contributed by atoms with Gasteiger partial charge in [-0.05, 0) is 18.9 Å². The molecule has 0 bridgehead atoms. The minimum atomic E-state index is -4.54. The molecule has 1 heterocycles. The van der Waals surface area contributed by atoms with Crippen LogP contribution in [0.4, 0.5) is 23.2 Å². The van der Waals surface area contributed by atoms with Crippen LogP contribution in [0.5, 0.6) is 0 Å². The molecule has 1 aromatic rings. The molecule has 1 aromatic heterocycles. The molecule has 1 fully saturated rings. The van der Waals surface area contributed by atoms with E-state index in [2.05, 4.69) is 10.3 Å². The van der Waals surface area contributed by atoms with Crippen LogP contribution in [-0.4, -0.2) is 12.0 Å². The first-order valence-electron chi connectivity index (χ1n) is 4.89. The fraction of sp³-hybridized carbons (Fsp3) is 0.500. The zero-order valence-electron chi connectivity index (χ0n) is 8.94. The summed E-state index contributed by atoms with van der Waals surface area (Å²) in [5, 5.41) is 2.42. The van der Waals surface area contributed by atoms with Crippen molar-refractivity contribution >= 4 is 18.1 Å². The second-order valence-electron chi connectivity index (χ2n) is 3.78. The van der Waals surface area contributed by atoms with E-state index in [4.69, 9.17) is 0 Å². The molecule has 17 heavy (non-hydrogen) atoms. The highest BCUT2D eigenvalue weighted by Crippen LogP contribution is 2.43. The predicted octanol–water partition coefficient (Wildman–Crippen LogP) is 3.58. The van der Waals surface area contributed by atoms with Gasteiger partial charge in [0.2, 0.25) is 0 Å². The smallest absolute Gasteiger partial charge is 0.386 e. The first-order chi connectivity index (χ1) is 7.43. The van der Waals surface area contributed by atoms with Crippen LogP contribution in [0, 0.1) is 5.82 Å². The molecule has 0 saturated heterocycles. The van der Waals surface area contributed by atoms with Crippen LogP contribution in [0.3, 0.4) is 0 Å². The van der Waals surface area contributed by atoms with E-state index in [9.17, 15) is 17.6 Å². The van der Waals surface area contributed by atoms with Crippen molar-refractivity contribution in [3.8, 4) is 0 Å². The quantitative estimate of drug-likeness (QED) is 0.831. The summed E-state index contributed by atoms with van der Waals surface area (Å²) in [4.78, 5) is 3.37. The molecule has 2 nitrogen and oxygen atoms in total. The van der Waals surface area contributed by atoms with Gasteiger partial charge in [-0.25, -0.2) is 9.37 Å². The minimum Gasteiger partial charge on any atom is -0.386 e. The SMILES string of the molecule is CNc1cc(C(F)(F)F)nc(C2CC2)c1F.Cl. The van der Waals surface area contributed by atoms with E-state index in [0.717, 1.165) is 0 Å². The lowest BCUT2D eigenvalue weighted by Gasteiger charge is -2.12. The van der Waals surface area contributed by atoms with Crippen LogP contribution >= 0.6 is 12.4 Å². The molecule has 7 heteroatoms. The maximum Gasteiger partial charge on any atom is 0.433 e. The average Bonchev–Trinajstić information content (AvgIpc) is 3.00. The predicted molar refractivity (Wildman–Crippen MR) is 58.0 cm³/mol. The van der Waals surface area contributed by atoms with Crippen LogP contribution in [0.2, 0.25) is 0 Å². The summed E-state index contributed by atoms with van der Waals surface area (Å²) in [5.41, 5.74) is -1.26. The van der Waals surface area contributed by atoms with Gasteiger partial charge in [-0.2, -0.15) is 13.2 Å². The van der Waals surface area contributed by atoms with Gasteiger partial charge in [0.05, 0.1) is 11.4 Å². The molecule has 1 saturated carbocycles. The van der Waals surface area contributed by atoms with E-state index in [1.807, 2.05) is 0 Å². The van der Waals surface area contributed by atoms with Crippen molar-refractivity contribution in [2.75, 3.05) is 12.4 Å². The van der Waals surface area contributed by atoms with Crippen LogP contribution in [0.25, 0.3) is 0 Å². The Morgan fingerprint density at radius 2 is 1.94 bits per heavy atom. The Balaban J connectivity index is 0.00000144. The number of rotatable bonds is 2. The molecule has 2 rings (SSSR count). The topological polar surface area (TPSA) is 24.9 Å². The Labute approximate surface area is 102 Å². The number of alkyl halides is 3. The summed E-state index contributed by atoms with van der Waals surface area (Å²) in [7, 11) is 1.38. The molecule has 1 N–H and O–H groups in total. The van der Waals surface area contributed by atoms with E-state index in [1.54, 1.807) is 0 Å². The lowest BCUT2D eigenvalue weighted by molar-refractivity contribution is -0.141. The van der Waals surface area contributed by atoms with Crippen molar-refractivity contribution in [3.63, 3.8) is 0 Å². The zero-order chi connectivity index (χ0) is 11.9. The highest BCUT2D eigenvalue weighted by Gasteiger charge is 2.37. The van der Waals surface area contributed by atoms with Gasteiger partial charge in [0, 0.05) is 13.0 Å². The van der Waals surface area contributed by atoms with Crippen molar-refractivity contribution < 1.29 is 17.6 Å². The number of aromatic nitrogens is 1. The molecule has 1 aliphatic carbocycles. The fourth-order valence-corrected chi connectivity index (χ4v) is 1.50. The van der Waals surface area contributed by atoms with Crippen molar-refractivity contribution in [1.29, 1.82) is 0 Å². The van der Waals surface area contributed by atoms with Gasteiger partial charge in [-0.15, -0.1) is 12.4 Å². The molecule has 0 aliphatic heterocycles. The van der Waals surface area contributed by atoms with Crippen molar-refractivity contribution in [3.05, 3.63) is 23.3 Å². The lowest BCUT2D eigenvalue weighted by atomic mass is 10.2. The number of hydrogen-bond donors (Lipinski definition) is 1. The van der Waals surface area contributed by atoms with Gasteiger partial charge in [-0.3, -0.25) is 0 Å². The molecule has 0 amide bonds. The summed E-state index contributed by atoms with van der Waals surface area (Å²) < 4.78 is 51.1. The van der Waals surface area contributed by atoms with Gasteiger partial charge in [0.15, 0.2) is 5.82 Å². The number of nitrogens with zero attached hydrogens (tertiary/aromatic N) is 1. The molecule has 96 valence electrons. The van der Waals surface area contributed by atoms with Crippen LogP contribution in [0.1, 0.15) is 30.1 Å². The highest BCUT2D eigenvalue weighted by atomic mass is 35.5. The van der Waals surface area contributed by atoms with Crippen LogP contribution in [0.15, 0.2) is 6.07 Å². The fourth-order valence-electron chi connectivity index (χ4n) is 1.50. The molecule has 0 aromatic carbocycles. The second-order valence-corrected chi connectivity index (χ2v) is 3.78. The highest BCUT2D eigenvalue weighted by molar-refractivity contribution is 5.85. The standard InChI is InChI=1S/C10H10F4N2.ClH/c1-15-6-4-7(10(12,13)14)16-9(8(6)11)5-2-3-5;/h4-5H,2-3H2,1H3,(H,15,16);1H. The van der Waals surface area contributed by atoms with E-state index in [1.165, 1.54) is 7.05 Å². The van der Waals surface area contributed by atoms with Crippen molar-refractivity contribution in [2.45, 2.75) is 24.9 Å². The van der Waals surface area contributed by atoms with E-state index in [-0.39, 0.29) is 29.7 Å². The number of pyridine rings is 1. The Hall–Kier alpha value is -1.04. The van der Waals surface area contributed by atoms with Gasteiger partial charge in [-0.1, -0.05) is 0 Å². The molecule has 0 spiro atoms. The number of halogens is 5. The van der Waals surface area contributed by atoms with Gasteiger partial charge < -0.3 is 5.32 Å². The molecule has 0 atom stereocenters. The first-order valence-corrected chi connectivity index (χ1v) is 4.89. The van der Waals surface area contributed by atoms with Gasteiger partial charge in [0.1, 0.15) is 5.69 Å². The summed E-state index contributed by atoms with van der Waals surface area (Å²) in [5.74, 6) is -0.826. The molecular weight excluding hydrogens is 260 g/mol. The van der Waals surface area contributed by atoms with Gasteiger partial charge >= 0.3 is 6.18 Å². The number of anilines is 1. The summed E-state index contributed by atoms with van der Waals surface area (Å²) in [6.45, 7) is 0. The van der Waals surface area contributed by atoms with E-state index < -0.39 is 17.7 Å². The maximum absolute atomic E-state index is 13.6. The summed E-state index contributed by atoms with van der Waals surface area (Å²) >= 11 is 0. The Bertz CT molecular complexity index is 416. The lowest BCUT2D eigenvalue weighted by Crippen LogP contribution is -2.12.